The standard InChI is InChI=1S/C13H16ClFN2O.ClH/c1-16-10-4-6-17(7-5-10)13(18)11-3-2-9(14)8-12(11)15;/h2-3,8,10,16H,4-7H2,1H3;1H. The average molecular weight is 307 g/mol. The topological polar surface area (TPSA) is 32.3 Å². The van der Waals surface area contributed by atoms with Gasteiger partial charge in [0.25, 0.3) is 5.91 Å². The third kappa shape index (κ3) is 3.81. The van der Waals surface area contributed by atoms with Crippen molar-refractivity contribution in [1.82, 2.24) is 10.2 Å². The third-order valence-corrected chi connectivity index (χ3v) is 3.59. The lowest BCUT2D eigenvalue weighted by Crippen LogP contribution is -2.44. The van der Waals surface area contributed by atoms with Gasteiger partial charge in [0.2, 0.25) is 0 Å². The van der Waals surface area contributed by atoms with Crippen LogP contribution in [0, 0.1) is 5.82 Å². The van der Waals surface area contributed by atoms with E-state index < -0.39 is 5.82 Å². The van der Waals surface area contributed by atoms with Crippen LogP contribution in [0.2, 0.25) is 5.02 Å². The number of rotatable bonds is 2. The van der Waals surface area contributed by atoms with Crippen molar-refractivity contribution < 1.29 is 9.18 Å². The predicted molar refractivity (Wildman–Crippen MR) is 76.6 cm³/mol. The van der Waals surface area contributed by atoms with Crippen LogP contribution in [0.4, 0.5) is 4.39 Å². The van der Waals surface area contributed by atoms with E-state index >= 15 is 0 Å². The van der Waals surface area contributed by atoms with Gasteiger partial charge in [0.15, 0.2) is 0 Å². The molecule has 1 amide bonds. The van der Waals surface area contributed by atoms with Gasteiger partial charge in [-0.3, -0.25) is 4.79 Å². The van der Waals surface area contributed by atoms with Crippen LogP contribution in [0.5, 0.6) is 0 Å². The summed E-state index contributed by atoms with van der Waals surface area (Å²) in [5.74, 6) is -0.804. The second-order valence-electron chi connectivity index (χ2n) is 4.48. The quantitative estimate of drug-likeness (QED) is 0.911. The van der Waals surface area contributed by atoms with Gasteiger partial charge in [-0.1, -0.05) is 11.6 Å². The molecule has 1 saturated heterocycles. The van der Waals surface area contributed by atoms with Crippen molar-refractivity contribution in [3.05, 3.63) is 34.6 Å². The first-order valence-electron chi connectivity index (χ1n) is 6.03. The molecule has 0 aliphatic carbocycles. The van der Waals surface area contributed by atoms with Crippen LogP contribution in [0.25, 0.3) is 0 Å². The fourth-order valence-electron chi connectivity index (χ4n) is 2.20. The summed E-state index contributed by atoms with van der Waals surface area (Å²) >= 11 is 5.67. The Morgan fingerprint density at radius 3 is 2.58 bits per heavy atom. The molecule has 0 spiro atoms. The Morgan fingerprint density at radius 2 is 2.05 bits per heavy atom. The number of amides is 1. The molecule has 1 aliphatic rings. The summed E-state index contributed by atoms with van der Waals surface area (Å²) in [4.78, 5) is 13.8. The fourth-order valence-corrected chi connectivity index (χ4v) is 2.36. The summed E-state index contributed by atoms with van der Waals surface area (Å²) in [6.45, 7) is 1.32. The number of nitrogens with one attached hydrogen (secondary N) is 1. The van der Waals surface area contributed by atoms with Gasteiger partial charge < -0.3 is 10.2 Å². The van der Waals surface area contributed by atoms with Crippen LogP contribution in [-0.4, -0.2) is 37.0 Å². The first-order chi connectivity index (χ1) is 8.61. The van der Waals surface area contributed by atoms with E-state index in [0.29, 0.717) is 24.2 Å². The fraction of sp³-hybridized carbons (Fsp3) is 0.462. The number of hydrogen-bond acceptors (Lipinski definition) is 2. The van der Waals surface area contributed by atoms with Crippen molar-refractivity contribution in [3.63, 3.8) is 0 Å². The smallest absolute Gasteiger partial charge is 0.256 e. The van der Waals surface area contributed by atoms with E-state index in [2.05, 4.69) is 5.32 Å². The second kappa shape index (κ2) is 7.08. The lowest BCUT2D eigenvalue weighted by molar-refractivity contribution is 0.0702. The zero-order chi connectivity index (χ0) is 13.1. The van der Waals surface area contributed by atoms with Gasteiger partial charge >= 0.3 is 0 Å². The zero-order valence-corrected chi connectivity index (χ0v) is 12.2. The molecule has 1 N–H and O–H groups in total. The molecule has 19 heavy (non-hydrogen) atoms. The molecule has 1 aromatic rings. The Balaban J connectivity index is 0.00000180. The van der Waals surface area contributed by atoms with Crippen molar-refractivity contribution in [2.24, 2.45) is 0 Å². The Hall–Kier alpha value is -0.840. The normalized spacial score (nSPS) is 16.1. The van der Waals surface area contributed by atoms with Gasteiger partial charge in [-0.05, 0) is 38.1 Å². The molecule has 1 aliphatic heterocycles. The Morgan fingerprint density at radius 1 is 1.42 bits per heavy atom. The van der Waals surface area contributed by atoms with Gasteiger partial charge in [0.1, 0.15) is 5.82 Å². The lowest BCUT2D eigenvalue weighted by atomic mass is 10.0. The van der Waals surface area contributed by atoms with Gasteiger partial charge in [-0.25, -0.2) is 4.39 Å². The van der Waals surface area contributed by atoms with E-state index in [9.17, 15) is 9.18 Å². The summed E-state index contributed by atoms with van der Waals surface area (Å²) in [5, 5.41) is 3.50. The van der Waals surface area contributed by atoms with Gasteiger partial charge in [-0.2, -0.15) is 0 Å². The maximum atomic E-state index is 13.7. The molecule has 1 aromatic carbocycles. The van der Waals surface area contributed by atoms with E-state index in [1.54, 1.807) is 4.90 Å². The third-order valence-electron chi connectivity index (χ3n) is 3.35. The number of likely N-dealkylation sites (tertiary alicyclic amines) is 1. The van der Waals surface area contributed by atoms with Crippen molar-refractivity contribution in [1.29, 1.82) is 0 Å². The molecule has 106 valence electrons. The van der Waals surface area contributed by atoms with E-state index in [1.165, 1.54) is 18.2 Å². The van der Waals surface area contributed by atoms with Crippen LogP contribution in [0.1, 0.15) is 23.2 Å². The minimum atomic E-state index is -0.553. The highest BCUT2D eigenvalue weighted by Crippen LogP contribution is 2.18. The maximum absolute atomic E-state index is 13.7. The molecule has 1 heterocycles. The Kier molecular flexibility index (Phi) is 6.04. The van der Waals surface area contributed by atoms with Gasteiger partial charge in [0.05, 0.1) is 5.56 Å². The Bertz CT molecular complexity index is 448. The number of nitrogens with zero attached hydrogens (tertiary/aromatic N) is 1. The van der Waals surface area contributed by atoms with E-state index in [4.69, 9.17) is 11.6 Å². The molecule has 2 rings (SSSR count). The highest BCUT2D eigenvalue weighted by molar-refractivity contribution is 6.30. The summed E-state index contributed by atoms with van der Waals surface area (Å²) in [7, 11) is 1.92. The molecule has 0 radical (unpaired) electrons. The minimum absolute atomic E-state index is 0. The van der Waals surface area contributed by atoms with Crippen LogP contribution >= 0.6 is 24.0 Å². The van der Waals surface area contributed by atoms with Crippen LogP contribution in [-0.2, 0) is 0 Å². The highest BCUT2D eigenvalue weighted by Gasteiger charge is 2.24. The lowest BCUT2D eigenvalue weighted by Gasteiger charge is -2.31. The van der Waals surface area contributed by atoms with Gasteiger partial charge in [0, 0.05) is 24.2 Å². The monoisotopic (exact) mass is 306 g/mol. The number of halogens is 3. The number of piperidine rings is 1. The van der Waals surface area contributed by atoms with Crippen LogP contribution in [0.3, 0.4) is 0 Å². The SMILES string of the molecule is CNC1CCN(C(=O)c2ccc(Cl)cc2F)CC1.Cl. The molecule has 3 nitrogen and oxygen atoms in total. The minimum Gasteiger partial charge on any atom is -0.338 e. The average Bonchev–Trinajstić information content (AvgIpc) is 2.38. The molecule has 0 atom stereocenters. The molecular formula is C13H17Cl2FN2O. The van der Waals surface area contributed by atoms with Crippen molar-refractivity contribution in [2.45, 2.75) is 18.9 Å². The molecule has 0 unspecified atom stereocenters. The van der Waals surface area contributed by atoms with Gasteiger partial charge in [-0.15, -0.1) is 12.4 Å². The number of carbonyl (C=O) groups excluding carboxylic acids is 1. The second-order valence-corrected chi connectivity index (χ2v) is 4.92. The highest BCUT2D eigenvalue weighted by atomic mass is 35.5. The molecular weight excluding hydrogens is 290 g/mol. The predicted octanol–water partition coefficient (Wildman–Crippen LogP) is 2.72. The summed E-state index contributed by atoms with van der Waals surface area (Å²) in [6.07, 6.45) is 1.80. The van der Waals surface area contributed by atoms with E-state index in [1.807, 2.05) is 7.05 Å². The maximum Gasteiger partial charge on any atom is 0.256 e. The van der Waals surface area contributed by atoms with Crippen LogP contribution < -0.4 is 5.32 Å². The summed E-state index contributed by atoms with van der Waals surface area (Å²) in [6, 6.07) is 4.61. The molecule has 0 bridgehead atoms. The van der Waals surface area contributed by atoms with E-state index in [-0.39, 0.29) is 23.9 Å². The molecule has 6 heteroatoms. The molecule has 1 fully saturated rings. The number of benzene rings is 1. The van der Waals surface area contributed by atoms with E-state index in [0.717, 1.165) is 12.8 Å². The number of carbonyl (C=O) groups is 1. The summed E-state index contributed by atoms with van der Waals surface area (Å²) < 4.78 is 13.7. The summed E-state index contributed by atoms with van der Waals surface area (Å²) in [5.41, 5.74) is 0.0994. The first kappa shape index (κ1) is 16.2. The largest absolute Gasteiger partial charge is 0.338 e. The van der Waals surface area contributed by atoms with Crippen molar-refractivity contribution >= 4 is 29.9 Å². The Labute approximate surface area is 123 Å². The first-order valence-corrected chi connectivity index (χ1v) is 6.41. The van der Waals surface area contributed by atoms with Crippen molar-refractivity contribution in [3.8, 4) is 0 Å². The van der Waals surface area contributed by atoms with Crippen molar-refractivity contribution in [2.75, 3.05) is 20.1 Å². The van der Waals surface area contributed by atoms with Crippen LogP contribution in [0.15, 0.2) is 18.2 Å². The number of hydrogen-bond donors (Lipinski definition) is 1. The molecule has 0 saturated carbocycles. The molecule has 0 aromatic heterocycles. The zero-order valence-electron chi connectivity index (χ0n) is 10.7.